The second-order valence-corrected chi connectivity index (χ2v) is 5.84. The monoisotopic (exact) mass is 270 g/mol. The Labute approximate surface area is 115 Å². The van der Waals surface area contributed by atoms with E-state index in [0.717, 1.165) is 32.4 Å². The number of carboxylic acids is 1. The van der Waals surface area contributed by atoms with Crippen molar-refractivity contribution >= 4 is 11.9 Å². The van der Waals surface area contributed by atoms with E-state index in [0.29, 0.717) is 18.8 Å². The maximum atomic E-state index is 11.8. The lowest BCUT2D eigenvalue weighted by atomic mass is 9.94. The van der Waals surface area contributed by atoms with E-state index >= 15 is 0 Å². The quantitative estimate of drug-likeness (QED) is 0.653. The standard InChI is InChI=1S/C14H26N2O3/c1-10(2)8-12(14(18)19)16-13(17)6-5-11-4-3-7-15-9-11/h10-12,15H,3-9H2,1-2H3,(H,16,17)(H,18,19). The molecular formula is C14H26N2O3. The molecule has 1 amide bonds. The van der Waals surface area contributed by atoms with Gasteiger partial charge in [-0.3, -0.25) is 4.79 Å². The Morgan fingerprint density at radius 3 is 2.68 bits per heavy atom. The van der Waals surface area contributed by atoms with Gasteiger partial charge in [-0.1, -0.05) is 13.8 Å². The van der Waals surface area contributed by atoms with Gasteiger partial charge in [-0.15, -0.1) is 0 Å². The van der Waals surface area contributed by atoms with Crippen LogP contribution < -0.4 is 10.6 Å². The number of amides is 1. The average Bonchev–Trinajstić information content (AvgIpc) is 2.36. The summed E-state index contributed by atoms with van der Waals surface area (Å²) in [6.45, 7) is 5.95. The van der Waals surface area contributed by atoms with Crippen molar-refractivity contribution in [1.29, 1.82) is 0 Å². The largest absolute Gasteiger partial charge is 0.480 e. The first kappa shape index (κ1) is 16.0. The number of aliphatic carboxylic acids is 1. The van der Waals surface area contributed by atoms with Crippen LogP contribution in [0.5, 0.6) is 0 Å². The smallest absolute Gasteiger partial charge is 0.326 e. The van der Waals surface area contributed by atoms with Gasteiger partial charge < -0.3 is 15.7 Å². The van der Waals surface area contributed by atoms with Gasteiger partial charge in [0.15, 0.2) is 0 Å². The normalized spacial score (nSPS) is 21.1. The van der Waals surface area contributed by atoms with E-state index in [1.165, 1.54) is 0 Å². The second kappa shape index (κ2) is 8.15. The lowest BCUT2D eigenvalue weighted by Crippen LogP contribution is -2.42. The van der Waals surface area contributed by atoms with Gasteiger partial charge in [0.05, 0.1) is 0 Å². The molecule has 1 aliphatic heterocycles. The van der Waals surface area contributed by atoms with Gasteiger partial charge in [-0.25, -0.2) is 4.79 Å². The molecule has 2 atom stereocenters. The van der Waals surface area contributed by atoms with Crippen molar-refractivity contribution in [1.82, 2.24) is 10.6 Å². The number of carboxylic acid groups (broad SMARTS) is 1. The van der Waals surface area contributed by atoms with Crippen molar-refractivity contribution in [3.05, 3.63) is 0 Å². The Hall–Kier alpha value is -1.10. The number of piperidine rings is 1. The molecule has 1 aliphatic rings. The fourth-order valence-electron chi connectivity index (χ4n) is 2.46. The van der Waals surface area contributed by atoms with E-state index in [-0.39, 0.29) is 11.8 Å². The second-order valence-electron chi connectivity index (χ2n) is 5.84. The molecule has 0 aliphatic carbocycles. The maximum Gasteiger partial charge on any atom is 0.326 e. The van der Waals surface area contributed by atoms with E-state index in [1.807, 2.05) is 13.8 Å². The zero-order chi connectivity index (χ0) is 14.3. The maximum absolute atomic E-state index is 11.8. The highest BCUT2D eigenvalue weighted by atomic mass is 16.4. The fourth-order valence-corrected chi connectivity index (χ4v) is 2.46. The predicted molar refractivity (Wildman–Crippen MR) is 73.8 cm³/mol. The highest BCUT2D eigenvalue weighted by Gasteiger charge is 2.21. The molecule has 19 heavy (non-hydrogen) atoms. The Morgan fingerprint density at radius 1 is 1.42 bits per heavy atom. The summed E-state index contributed by atoms with van der Waals surface area (Å²) < 4.78 is 0. The molecular weight excluding hydrogens is 244 g/mol. The van der Waals surface area contributed by atoms with Crippen molar-refractivity contribution in [2.45, 2.75) is 52.0 Å². The third-order valence-corrected chi connectivity index (χ3v) is 3.52. The van der Waals surface area contributed by atoms with E-state index in [2.05, 4.69) is 10.6 Å². The minimum atomic E-state index is -0.943. The number of hydrogen-bond donors (Lipinski definition) is 3. The molecule has 0 bridgehead atoms. The summed E-state index contributed by atoms with van der Waals surface area (Å²) in [5.41, 5.74) is 0. The van der Waals surface area contributed by atoms with E-state index in [1.54, 1.807) is 0 Å². The molecule has 1 fully saturated rings. The summed E-state index contributed by atoms with van der Waals surface area (Å²) in [5.74, 6) is -0.281. The molecule has 0 saturated carbocycles. The average molecular weight is 270 g/mol. The van der Waals surface area contributed by atoms with Crippen LogP contribution in [0.2, 0.25) is 0 Å². The summed E-state index contributed by atoms with van der Waals surface area (Å²) in [4.78, 5) is 22.8. The SMILES string of the molecule is CC(C)CC(NC(=O)CCC1CCCNC1)C(=O)O. The molecule has 0 radical (unpaired) electrons. The first-order chi connectivity index (χ1) is 8.99. The number of hydrogen-bond acceptors (Lipinski definition) is 3. The van der Waals surface area contributed by atoms with Gasteiger partial charge in [-0.05, 0) is 50.6 Å². The molecule has 110 valence electrons. The van der Waals surface area contributed by atoms with E-state index < -0.39 is 12.0 Å². The summed E-state index contributed by atoms with van der Waals surface area (Å²) in [7, 11) is 0. The lowest BCUT2D eigenvalue weighted by Gasteiger charge is -2.23. The van der Waals surface area contributed by atoms with Crippen molar-refractivity contribution in [3.63, 3.8) is 0 Å². The molecule has 0 aromatic heterocycles. The van der Waals surface area contributed by atoms with Crippen LogP contribution >= 0.6 is 0 Å². The third kappa shape index (κ3) is 6.57. The summed E-state index contributed by atoms with van der Waals surface area (Å²) in [5, 5.41) is 15.0. The number of nitrogens with one attached hydrogen (secondary N) is 2. The van der Waals surface area contributed by atoms with Gasteiger partial charge in [0.2, 0.25) is 5.91 Å². The van der Waals surface area contributed by atoms with Gasteiger partial charge >= 0.3 is 5.97 Å². The van der Waals surface area contributed by atoms with Gasteiger partial charge in [0.25, 0.3) is 0 Å². The molecule has 5 heteroatoms. The van der Waals surface area contributed by atoms with Gasteiger partial charge in [0.1, 0.15) is 6.04 Å². The number of rotatable bonds is 7. The van der Waals surface area contributed by atoms with Crippen molar-refractivity contribution in [2.24, 2.45) is 11.8 Å². The zero-order valence-corrected chi connectivity index (χ0v) is 11.9. The Kier molecular flexibility index (Phi) is 6.84. The predicted octanol–water partition coefficient (Wildman–Crippen LogP) is 1.38. The summed E-state index contributed by atoms with van der Waals surface area (Å²) in [6, 6.07) is -0.753. The molecule has 0 aromatic rings. The zero-order valence-electron chi connectivity index (χ0n) is 11.9. The van der Waals surface area contributed by atoms with Crippen LogP contribution in [0.15, 0.2) is 0 Å². The van der Waals surface area contributed by atoms with Crippen LogP contribution in [0.1, 0.15) is 46.0 Å². The summed E-state index contributed by atoms with van der Waals surface area (Å²) >= 11 is 0. The first-order valence-electron chi connectivity index (χ1n) is 7.22. The lowest BCUT2D eigenvalue weighted by molar-refractivity contribution is -0.142. The molecule has 1 heterocycles. The van der Waals surface area contributed by atoms with Gasteiger partial charge in [-0.2, -0.15) is 0 Å². The van der Waals surface area contributed by atoms with Gasteiger partial charge in [0, 0.05) is 6.42 Å². The Balaban J connectivity index is 2.29. The van der Waals surface area contributed by atoms with E-state index in [4.69, 9.17) is 5.11 Å². The van der Waals surface area contributed by atoms with Crippen molar-refractivity contribution < 1.29 is 14.7 Å². The first-order valence-corrected chi connectivity index (χ1v) is 7.22. The Morgan fingerprint density at radius 2 is 2.16 bits per heavy atom. The molecule has 1 rings (SSSR count). The minimum Gasteiger partial charge on any atom is -0.480 e. The van der Waals surface area contributed by atoms with Crippen LogP contribution in [0, 0.1) is 11.8 Å². The van der Waals surface area contributed by atoms with Crippen molar-refractivity contribution in [3.8, 4) is 0 Å². The molecule has 2 unspecified atom stereocenters. The molecule has 5 nitrogen and oxygen atoms in total. The topological polar surface area (TPSA) is 78.4 Å². The number of carbonyl (C=O) groups excluding carboxylic acids is 1. The Bertz CT molecular complexity index is 299. The minimum absolute atomic E-state index is 0.140. The molecule has 3 N–H and O–H groups in total. The highest BCUT2D eigenvalue weighted by molar-refractivity contribution is 5.83. The molecule has 0 aromatic carbocycles. The number of carbonyl (C=O) groups is 2. The van der Waals surface area contributed by atoms with Crippen LogP contribution in [0.25, 0.3) is 0 Å². The van der Waals surface area contributed by atoms with Crippen molar-refractivity contribution in [2.75, 3.05) is 13.1 Å². The van der Waals surface area contributed by atoms with E-state index in [9.17, 15) is 9.59 Å². The highest BCUT2D eigenvalue weighted by Crippen LogP contribution is 2.16. The third-order valence-electron chi connectivity index (χ3n) is 3.52. The van der Waals surface area contributed by atoms with Crippen LogP contribution in [0.4, 0.5) is 0 Å². The molecule has 1 saturated heterocycles. The van der Waals surface area contributed by atoms with Crippen LogP contribution in [-0.2, 0) is 9.59 Å². The van der Waals surface area contributed by atoms with Crippen LogP contribution in [-0.4, -0.2) is 36.1 Å². The van der Waals surface area contributed by atoms with Crippen LogP contribution in [0.3, 0.4) is 0 Å². The summed E-state index contributed by atoms with van der Waals surface area (Å²) in [6.07, 6.45) is 4.07. The molecule has 0 spiro atoms. The fraction of sp³-hybridized carbons (Fsp3) is 0.857.